The molecule has 1 amide bonds. The molecule has 0 heterocycles. The molecule has 1 rings (SSSR count). The van der Waals surface area contributed by atoms with Crippen LogP contribution in [-0.4, -0.2) is 69.5 Å². The molecule has 1 atom stereocenters. The molecular weight excluding hydrogens is 270 g/mol. The lowest BCUT2D eigenvalue weighted by molar-refractivity contribution is -0.124. The van der Waals surface area contributed by atoms with Crippen molar-refractivity contribution in [2.24, 2.45) is 5.73 Å². The summed E-state index contributed by atoms with van der Waals surface area (Å²) in [5.41, 5.74) is 4.98. The maximum Gasteiger partial charge on any atom is 0.237 e. The number of amides is 1. The Morgan fingerprint density at radius 2 is 1.81 bits per heavy atom. The molecule has 1 fully saturated rings. The summed E-state index contributed by atoms with van der Waals surface area (Å²) in [6.07, 6.45) is 3.98. The summed E-state index contributed by atoms with van der Waals surface area (Å²) in [5, 5.41) is 3.38. The number of hydrogen-bond acceptors (Lipinski definition) is 5. The SMILES string of the molecule is COCCN(CCCC(C)(NC1CC1)C(N)=O)CCOC. The third kappa shape index (κ3) is 7.22. The van der Waals surface area contributed by atoms with Gasteiger partial charge in [-0.1, -0.05) is 0 Å². The monoisotopic (exact) mass is 301 g/mol. The maximum atomic E-state index is 11.7. The zero-order chi connectivity index (χ0) is 15.7. The molecule has 1 aliphatic carbocycles. The third-order valence-electron chi connectivity index (χ3n) is 4.02. The number of nitrogens with zero attached hydrogens (tertiary/aromatic N) is 1. The summed E-state index contributed by atoms with van der Waals surface area (Å²) < 4.78 is 10.3. The lowest BCUT2D eigenvalue weighted by Gasteiger charge is -2.29. The molecule has 6 nitrogen and oxygen atoms in total. The van der Waals surface area contributed by atoms with Crippen LogP contribution < -0.4 is 11.1 Å². The molecule has 0 radical (unpaired) electrons. The predicted molar refractivity (Wildman–Crippen MR) is 83.2 cm³/mol. The van der Waals surface area contributed by atoms with E-state index in [0.717, 1.165) is 45.3 Å². The average molecular weight is 301 g/mol. The zero-order valence-electron chi connectivity index (χ0n) is 13.7. The highest BCUT2D eigenvalue weighted by atomic mass is 16.5. The van der Waals surface area contributed by atoms with Crippen LogP contribution in [0.3, 0.4) is 0 Å². The first kappa shape index (κ1) is 18.4. The molecule has 0 aromatic carbocycles. The van der Waals surface area contributed by atoms with Gasteiger partial charge in [0.25, 0.3) is 0 Å². The summed E-state index contributed by atoms with van der Waals surface area (Å²) in [5.74, 6) is -0.255. The van der Waals surface area contributed by atoms with E-state index in [9.17, 15) is 4.79 Å². The number of carbonyl (C=O) groups is 1. The first-order valence-corrected chi connectivity index (χ1v) is 7.79. The minimum atomic E-state index is -0.588. The van der Waals surface area contributed by atoms with Gasteiger partial charge in [0.05, 0.1) is 18.8 Å². The Labute approximate surface area is 128 Å². The number of nitrogens with one attached hydrogen (secondary N) is 1. The van der Waals surface area contributed by atoms with Crippen LogP contribution in [0.5, 0.6) is 0 Å². The number of nitrogens with two attached hydrogens (primary N) is 1. The van der Waals surface area contributed by atoms with Crippen molar-refractivity contribution in [2.45, 2.75) is 44.2 Å². The van der Waals surface area contributed by atoms with Crippen LogP contribution in [0.1, 0.15) is 32.6 Å². The van der Waals surface area contributed by atoms with Crippen LogP contribution in [0, 0.1) is 0 Å². The van der Waals surface area contributed by atoms with E-state index in [1.807, 2.05) is 6.92 Å². The van der Waals surface area contributed by atoms with Crippen LogP contribution in [0.4, 0.5) is 0 Å². The number of methoxy groups -OCH3 is 2. The standard InChI is InChI=1S/C15H31N3O3/c1-15(14(16)19,17-13-5-6-13)7-4-8-18(9-11-20-2)10-12-21-3/h13,17H,4-12H2,1-3H3,(H2,16,19). The number of primary amides is 1. The first-order valence-electron chi connectivity index (χ1n) is 7.79. The number of ether oxygens (including phenoxy) is 2. The van der Waals surface area contributed by atoms with Crippen molar-refractivity contribution in [3.05, 3.63) is 0 Å². The molecule has 3 N–H and O–H groups in total. The van der Waals surface area contributed by atoms with Gasteiger partial charge in [-0.3, -0.25) is 9.69 Å². The molecule has 0 spiro atoms. The molecule has 0 bridgehead atoms. The Balaban J connectivity index is 2.35. The highest BCUT2D eigenvalue weighted by Crippen LogP contribution is 2.24. The number of carbonyl (C=O) groups excluding carboxylic acids is 1. The lowest BCUT2D eigenvalue weighted by atomic mass is 9.94. The van der Waals surface area contributed by atoms with Crippen LogP contribution in [0.15, 0.2) is 0 Å². The van der Waals surface area contributed by atoms with Gasteiger partial charge in [-0.25, -0.2) is 0 Å². The molecule has 1 unspecified atom stereocenters. The molecule has 21 heavy (non-hydrogen) atoms. The van der Waals surface area contributed by atoms with E-state index >= 15 is 0 Å². The Bertz CT molecular complexity index is 303. The van der Waals surface area contributed by atoms with Crippen molar-refractivity contribution in [3.8, 4) is 0 Å². The quantitative estimate of drug-likeness (QED) is 0.513. The second-order valence-corrected chi connectivity index (χ2v) is 6.05. The van der Waals surface area contributed by atoms with Gasteiger partial charge in [0.2, 0.25) is 5.91 Å². The normalized spacial score (nSPS) is 17.9. The van der Waals surface area contributed by atoms with Gasteiger partial charge in [0.15, 0.2) is 0 Å². The van der Waals surface area contributed by atoms with Crippen LogP contribution in [0.2, 0.25) is 0 Å². The highest BCUT2D eigenvalue weighted by Gasteiger charge is 2.36. The van der Waals surface area contributed by atoms with E-state index in [1.165, 1.54) is 0 Å². The molecule has 1 saturated carbocycles. The molecular formula is C15H31N3O3. The first-order chi connectivity index (χ1) is 10.0. The summed E-state index contributed by atoms with van der Waals surface area (Å²) in [7, 11) is 3.41. The van der Waals surface area contributed by atoms with E-state index in [0.29, 0.717) is 19.3 Å². The summed E-state index contributed by atoms with van der Waals surface area (Å²) >= 11 is 0. The Kier molecular flexibility index (Phi) is 8.18. The van der Waals surface area contributed by atoms with Gasteiger partial charge in [0.1, 0.15) is 0 Å². The molecule has 0 saturated heterocycles. The van der Waals surface area contributed by atoms with Gasteiger partial charge in [-0.2, -0.15) is 0 Å². The van der Waals surface area contributed by atoms with Gasteiger partial charge < -0.3 is 20.5 Å². The van der Waals surface area contributed by atoms with Crippen LogP contribution >= 0.6 is 0 Å². The van der Waals surface area contributed by atoms with Crippen molar-refractivity contribution in [1.82, 2.24) is 10.2 Å². The van der Waals surface area contributed by atoms with Crippen LogP contribution in [0.25, 0.3) is 0 Å². The van der Waals surface area contributed by atoms with Crippen molar-refractivity contribution >= 4 is 5.91 Å². The van der Waals surface area contributed by atoms with Gasteiger partial charge >= 0.3 is 0 Å². The minimum Gasteiger partial charge on any atom is -0.383 e. The fraction of sp³-hybridized carbons (Fsp3) is 0.933. The van der Waals surface area contributed by atoms with Crippen molar-refractivity contribution in [3.63, 3.8) is 0 Å². The molecule has 6 heteroatoms. The van der Waals surface area contributed by atoms with Crippen molar-refractivity contribution in [2.75, 3.05) is 47.1 Å². The van der Waals surface area contributed by atoms with E-state index in [2.05, 4.69) is 10.2 Å². The van der Waals surface area contributed by atoms with E-state index in [-0.39, 0.29) is 5.91 Å². The smallest absolute Gasteiger partial charge is 0.237 e. The Hall–Kier alpha value is -0.690. The molecule has 0 aliphatic heterocycles. The zero-order valence-corrected chi connectivity index (χ0v) is 13.7. The topological polar surface area (TPSA) is 76.8 Å². The number of hydrogen-bond donors (Lipinski definition) is 2. The molecule has 0 aromatic rings. The lowest BCUT2D eigenvalue weighted by Crippen LogP contribution is -2.54. The molecule has 124 valence electrons. The third-order valence-corrected chi connectivity index (χ3v) is 4.02. The van der Waals surface area contributed by atoms with Gasteiger partial charge in [0, 0.05) is 33.4 Å². The van der Waals surface area contributed by atoms with Gasteiger partial charge in [-0.15, -0.1) is 0 Å². The minimum absolute atomic E-state index is 0.255. The van der Waals surface area contributed by atoms with Crippen molar-refractivity contribution in [1.29, 1.82) is 0 Å². The molecule has 0 aromatic heterocycles. The second kappa shape index (κ2) is 9.35. The fourth-order valence-corrected chi connectivity index (χ4v) is 2.38. The summed E-state index contributed by atoms with van der Waals surface area (Å²) in [4.78, 5) is 14.0. The van der Waals surface area contributed by atoms with E-state index < -0.39 is 5.54 Å². The summed E-state index contributed by atoms with van der Waals surface area (Å²) in [6, 6.07) is 0.473. The predicted octanol–water partition coefficient (Wildman–Crippen LogP) is 0.357. The number of rotatable bonds is 13. The fourth-order valence-electron chi connectivity index (χ4n) is 2.38. The van der Waals surface area contributed by atoms with E-state index in [1.54, 1.807) is 14.2 Å². The maximum absolute atomic E-state index is 11.7. The highest BCUT2D eigenvalue weighted by molar-refractivity contribution is 5.84. The Morgan fingerprint density at radius 1 is 1.24 bits per heavy atom. The Morgan fingerprint density at radius 3 is 2.24 bits per heavy atom. The largest absolute Gasteiger partial charge is 0.383 e. The van der Waals surface area contributed by atoms with Crippen LogP contribution in [-0.2, 0) is 14.3 Å². The van der Waals surface area contributed by atoms with Crippen molar-refractivity contribution < 1.29 is 14.3 Å². The average Bonchev–Trinajstić information content (AvgIpc) is 3.24. The second-order valence-electron chi connectivity index (χ2n) is 6.05. The van der Waals surface area contributed by atoms with E-state index in [4.69, 9.17) is 15.2 Å². The van der Waals surface area contributed by atoms with Gasteiger partial charge in [-0.05, 0) is 39.2 Å². The summed E-state index contributed by atoms with van der Waals surface area (Å²) in [6.45, 7) is 6.00. The molecule has 1 aliphatic rings.